The first kappa shape index (κ1) is 27.2. The maximum Gasteiger partial charge on any atom is 0.165 e. The van der Waals surface area contributed by atoms with Crippen LogP contribution in [-0.2, 0) is 6.42 Å². The van der Waals surface area contributed by atoms with Crippen molar-refractivity contribution in [1.82, 2.24) is 19.5 Å². The van der Waals surface area contributed by atoms with Gasteiger partial charge in [0.25, 0.3) is 0 Å². The van der Waals surface area contributed by atoms with Gasteiger partial charge in [-0.15, -0.1) is 11.3 Å². The number of aromatic nitrogens is 4. The molecular weight excluding hydrogens is 605 g/mol. The maximum absolute atomic E-state index is 5.26. The Morgan fingerprint density at radius 3 is 1.96 bits per heavy atom. The van der Waals surface area contributed by atoms with E-state index in [1.807, 2.05) is 18.2 Å². The Morgan fingerprint density at radius 2 is 1.17 bits per heavy atom. The van der Waals surface area contributed by atoms with Crippen molar-refractivity contribution in [2.24, 2.45) is 0 Å². The zero-order chi connectivity index (χ0) is 31.6. The van der Waals surface area contributed by atoms with Gasteiger partial charge in [0.1, 0.15) is 0 Å². The highest BCUT2D eigenvalue weighted by atomic mass is 32.1. The van der Waals surface area contributed by atoms with Gasteiger partial charge in [-0.3, -0.25) is 0 Å². The molecule has 5 heteroatoms. The second kappa shape index (κ2) is 10.8. The second-order valence-corrected chi connectivity index (χ2v) is 13.3. The van der Waals surface area contributed by atoms with Crippen LogP contribution in [0.4, 0.5) is 0 Å². The van der Waals surface area contributed by atoms with Gasteiger partial charge in [-0.2, -0.15) is 0 Å². The molecule has 3 aromatic heterocycles. The van der Waals surface area contributed by atoms with Crippen molar-refractivity contribution < 1.29 is 0 Å². The Kier molecular flexibility index (Phi) is 6.14. The molecule has 4 nitrogen and oxygen atoms in total. The quantitative estimate of drug-likeness (QED) is 0.194. The third kappa shape index (κ3) is 4.18. The summed E-state index contributed by atoms with van der Waals surface area (Å²) in [5.74, 6) is 2.05. The highest BCUT2D eigenvalue weighted by molar-refractivity contribution is 7.26. The average Bonchev–Trinajstić information content (AvgIpc) is 3.71. The number of rotatable bonds is 4. The molecule has 0 fully saturated rings. The lowest BCUT2D eigenvalue weighted by Crippen LogP contribution is -2.07. The fourth-order valence-electron chi connectivity index (χ4n) is 7.38. The van der Waals surface area contributed by atoms with E-state index in [1.165, 1.54) is 58.8 Å². The van der Waals surface area contributed by atoms with Gasteiger partial charge in [0.2, 0.25) is 0 Å². The molecule has 0 saturated carbocycles. The first-order chi connectivity index (χ1) is 23.8. The summed E-state index contributed by atoms with van der Waals surface area (Å²) in [5, 5.41) is 5.02. The number of hydrogen-bond donors (Lipinski definition) is 0. The Labute approximate surface area is 281 Å². The van der Waals surface area contributed by atoms with Crippen molar-refractivity contribution in [1.29, 1.82) is 0 Å². The fraction of sp³-hybridized carbons (Fsp3) is 0.0465. The minimum atomic E-state index is 0.675. The van der Waals surface area contributed by atoms with Crippen LogP contribution in [0.2, 0.25) is 0 Å². The van der Waals surface area contributed by atoms with Crippen LogP contribution in [0, 0.1) is 0 Å². The van der Waals surface area contributed by atoms with Crippen LogP contribution in [0.3, 0.4) is 0 Å². The van der Waals surface area contributed by atoms with E-state index in [-0.39, 0.29) is 0 Å². The lowest BCUT2D eigenvalue weighted by Gasteiger charge is -2.21. The molecule has 0 unspecified atom stereocenters. The van der Waals surface area contributed by atoms with Gasteiger partial charge in [0.05, 0.1) is 16.7 Å². The van der Waals surface area contributed by atoms with Crippen molar-refractivity contribution in [2.45, 2.75) is 12.8 Å². The van der Waals surface area contributed by atoms with Crippen molar-refractivity contribution >= 4 is 59.4 Å². The predicted molar refractivity (Wildman–Crippen MR) is 201 cm³/mol. The van der Waals surface area contributed by atoms with E-state index >= 15 is 0 Å². The Balaban J connectivity index is 1.22. The Hall–Kier alpha value is -5.91. The standard InChI is InChI=1S/C43H28N4S/c1-2-13-27(14-3-1)41-44-42(46-43(45-41)35-21-12-20-33-32-19-8-11-24-39(32)48-40(33)35)34-25-26-38(29-16-5-4-15-28(29)34)47-36-22-9-6-17-30(36)31-18-7-10-23-37(31)47/h1-4,6-15,17-26H,5,16H2. The molecule has 0 saturated heterocycles. The van der Waals surface area contributed by atoms with Gasteiger partial charge < -0.3 is 4.57 Å². The lowest BCUT2D eigenvalue weighted by molar-refractivity contribution is 0.959. The summed E-state index contributed by atoms with van der Waals surface area (Å²) in [6, 6.07) is 47.2. The summed E-state index contributed by atoms with van der Waals surface area (Å²) < 4.78 is 4.89. The summed E-state index contributed by atoms with van der Waals surface area (Å²) in [5.41, 5.74) is 9.16. The molecule has 1 aliphatic carbocycles. The van der Waals surface area contributed by atoms with E-state index in [4.69, 9.17) is 15.0 Å². The second-order valence-electron chi connectivity index (χ2n) is 12.3. The summed E-state index contributed by atoms with van der Waals surface area (Å²) in [6.45, 7) is 0. The number of hydrogen-bond acceptors (Lipinski definition) is 4. The van der Waals surface area contributed by atoms with Gasteiger partial charge >= 0.3 is 0 Å². The van der Waals surface area contributed by atoms with Gasteiger partial charge in [0.15, 0.2) is 17.5 Å². The van der Waals surface area contributed by atoms with Crippen molar-refractivity contribution in [3.8, 4) is 39.9 Å². The zero-order valence-electron chi connectivity index (χ0n) is 26.0. The Bertz CT molecular complexity index is 2680. The van der Waals surface area contributed by atoms with Crippen LogP contribution in [0.1, 0.15) is 17.5 Å². The van der Waals surface area contributed by atoms with Crippen molar-refractivity contribution in [2.75, 3.05) is 0 Å². The normalized spacial score (nSPS) is 12.8. The zero-order valence-corrected chi connectivity index (χ0v) is 26.8. The number of thiophene rings is 1. The largest absolute Gasteiger partial charge is 0.309 e. The summed E-state index contributed by atoms with van der Waals surface area (Å²) >= 11 is 1.80. The molecule has 0 aliphatic heterocycles. The number of allylic oxidation sites excluding steroid dienone is 1. The molecule has 0 atom stereocenters. The maximum atomic E-state index is 5.26. The van der Waals surface area contributed by atoms with Crippen LogP contribution in [0.5, 0.6) is 0 Å². The smallest absolute Gasteiger partial charge is 0.165 e. The van der Waals surface area contributed by atoms with E-state index in [0.717, 1.165) is 29.5 Å². The average molecular weight is 633 g/mol. The monoisotopic (exact) mass is 632 g/mol. The van der Waals surface area contributed by atoms with Crippen LogP contribution in [0.15, 0.2) is 140 Å². The minimum Gasteiger partial charge on any atom is -0.309 e. The molecule has 0 amide bonds. The number of nitrogens with zero attached hydrogens (tertiary/aromatic N) is 4. The molecule has 6 aromatic carbocycles. The first-order valence-electron chi connectivity index (χ1n) is 16.4. The van der Waals surface area contributed by atoms with E-state index in [0.29, 0.717) is 17.5 Å². The summed E-state index contributed by atoms with van der Waals surface area (Å²) in [4.78, 5) is 15.5. The van der Waals surface area contributed by atoms with Gasteiger partial charge in [0, 0.05) is 47.6 Å². The highest BCUT2D eigenvalue weighted by Gasteiger charge is 2.23. The minimum absolute atomic E-state index is 0.675. The predicted octanol–water partition coefficient (Wildman–Crippen LogP) is 11.3. The molecule has 0 spiro atoms. The number of benzene rings is 6. The highest BCUT2D eigenvalue weighted by Crippen LogP contribution is 2.41. The third-order valence-corrected chi connectivity index (χ3v) is 10.8. The summed E-state index contributed by atoms with van der Waals surface area (Å²) in [6.07, 6.45) is 6.48. The fourth-order valence-corrected chi connectivity index (χ4v) is 8.59. The van der Waals surface area contributed by atoms with Crippen LogP contribution < -0.4 is 0 Å². The van der Waals surface area contributed by atoms with Gasteiger partial charge in [-0.25, -0.2) is 15.0 Å². The molecule has 9 aromatic rings. The molecule has 1 aliphatic rings. The lowest BCUT2D eigenvalue weighted by atomic mass is 9.91. The number of para-hydroxylation sites is 2. The third-order valence-electron chi connectivity index (χ3n) is 9.55. The van der Waals surface area contributed by atoms with E-state index in [9.17, 15) is 0 Å². The van der Waals surface area contributed by atoms with Crippen LogP contribution >= 0.6 is 11.3 Å². The van der Waals surface area contributed by atoms with E-state index < -0.39 is 0 Å². The molecule has 0 N–H and O–H groups in total. The molecule has 0 bridgehead atoms. The molecular formula is C43H28N4S. The Morgan fingerprint density at radius 1 is 0.521 bits per heavy atom. The molecule has 10 rings (SSSR count). The SMILES string of the molecule is C1=Cc2c(-c3nc(-c4ccccc4)nc(-c4cccc5c4sc4ccccc45)n3)ccc(-n3c4ccccc4c4ccccc43)c2CC1. The topological polar surface area (TPSA) is 43.6 Å². The van der Waals surface area contributed by atoms with E-state index in [2.05, 4.69) is 132 Å². The first-order valence-corrected chi connectivity index (χ1v) is 17.2. The molecule has 48 heavy (non-hydrogen) atoms. The summed E-state index contributed by atoms with van der Waals surface area (Å²) in [7, 11) is 0. The van der Waals surface area contributed by atoms with Crippen LogP contribution in [-0.4, -0.2) is 19.5 Å². The number of fused-ring (bicyclic) bond motifs is 7. The van der Waals surface area contributed by atoms with Gasteiger partial charge in [-0.05, 0) is 60.4 Å². The van der Waals surface area contributed by atoms with Crippen molar-refractivity contribution in [3.63, 3.8) is 0 Å². The molecule has 3 heterocycles. The molecule has 0 radical (unpaired) electrons. The van der Waals surface area contributed by atoms with E-state index in [1.54, 1.807) is 11.3 Å². The van der Waals surface area contributed by atoms with Crippen molar-refractivity contribution in [3.05, 3.63) is 151 Å². The van der Waals surface area contributed by atoms with Gasteiger partial charge in [-0.1, -0.05) is 109 Å². The van der Waals surface area contributed by atoms with Crippen LogP contribution in [0.25, 0.3) is 87.9 Å². The molecule has 226 valence electrons.